The van der Waals surface area contributed by atoms with E-state index in [2.05, 4.69) is 5.32 Å². The summed E-state index contributed by atoms with van der Waals surface area (Å²) in [5, 5.41) is 2.56. The van der Waals surface area contributed by atoms with E-state index in [0.717, 1.165) is 18.4 Å². The molecular formula is C23H29NO7S. The van der Waals surface area contributed by atoms with Gasteiger partial charge in [-0.05, 0) is 37.0 Å². The Morgan fingerprint density at radius 3 is 2.41 bits per heavy atom. The minimum Gasteiger partial charge on any atom is -0.493 e. The summed E-state index contributed by atoms with van der Waals surface area (Å²) in [4.78, 5) is 25.7. The molecule has 2 N–H and O–H groups in total. The van der Waals surface area contributed by atoms with Gasteiger partial charge < -0.3 is 14.8 Å². The molecule has 2 rings (SSSR count). The highest BCUT2D eigenvalue weighted by Crippen LogP contribution is 2.31. The summed E-state index contributed by atoms with van der Waals surface area (Å²) in [7, 11) is -4.33. The lowest BCUT2D eigenvalue weighted by Crippen LogP contribution is -2.43. The molecule has 0 aliphatic carbocycles. The summed E-state index contributed by atoms with van der Waals surface area (Å²) in [6.45, 7) is 4.10. The number of nitrogens with one attached hydrogen (secondary N) is 1. The Hall–Kier alpha value is -2.91. The van der Waals surface area contributed by atoms with Gasteiger partial charge in [0.05, 0.1) is 24.5 Å². The third kappa shape index (κ3) is 7.65. The van der Waals surface area contributed by atoms with E-state index in [1.807, 2.05) is 37.3 Å². The van der Waals surface area contributed by atoms with E-state index in [1.54, 1.807) is 25.1 Å². The fraction of sp³-hybridized carbons (Fsp3) is 0.391. The van der Waals surface area contributed by atoms with E-state index in [0.29, 0.717) is 17.9 Å². The number of hydrogen-bond acceptors (Lipinski definition) is 6. The largest absolute Gasteiger partial charge is 0.493 e. The average Bonchev–Trinajstić information content (AvgIpc) is 2.76. The molecule has 0 aliphatic heterocycles. The lowest BCUT2D eigenvalue weighted by molar-refractivity contribution is -0.145. The maximum Gasteiger partial charge on any atom is 0.328 e. The van der Waals surface area contributed by atoms with Gasteiger partial charge in [-0.1, -0.05) is 55.8 Å². The van der Waals surface area contributed by atoms with Crippen LogP contribution in [-0.4, -0.2) is 49.9 Å². The van der Waals surface area contributed by atoms with E-state index in [-0.39, 0.29) is 18.6 Å². The first kappa shape index (κ1) is 25.4. The van der Waals surface area contributed by atoms with Gasteiger partial charge in [0.25, 0.3) is 16.0 Å². The maximum absolute atomic E-state index is 13.3. The Bertz CT molecular complexity index is 1010. The number of benzene rings is 2. The molecule has 0 heterocycles. The molecule has 0 bridgehead atoms. The van der Waals surface area contributed by atoms with Crippen molar-refractivity contribution in [2.75, 3.05) is 19.0 Å². The Kier molecular flexibility index (Phi) is 9.67. The molecule has 0 aliphatic rings. The zero-order valence-corrected chi connectivity index (χ0v) is 19.1. The van der Waals surface area contributed by atoms with Gasteiger partial charge in [0.15, 0.2) is 0 Å². The van der Waals surface area contributed by atoms with Gasteiger partial charge >= 0.3 is 5.97 Å². The van der Waals surface area contributed by atoms with Gasteiger partial charge in [-0.15, -0.1) is 0 Å². The highest BCUT2D eigenvalue weighted by atomic mass is 32.2. The van der Waals surface area contributed by atoms with Crippen LogP contribution in [0.1, 0.15) is 43.5 Å². The van der Waals surface area contributed by atoms with E-state index < -0.39 is 33.8 Å². The summed E-state index contributed by atoms with van der Waals surface area (Å²) < 4.78 is 42.3. The second kappa shape index (κ2) is 12.2. The van der Waals surface area contributed by atoms with Gasteiger partial charge in [-0.25, -0.2) is 4.79 Å². The molecule has 32 heavy (non-hydrogen) atoms. The van der Waals surface area contributed by atoms with Crippen molar-refractivity contribution in [2.45, 2.75) is 39.2 Å². The van der Waals surface area contributed by atoms with Crippen molar-refractivity contribution in [1.29, 1.82) is 0 Å². The molecule has 0 unspecified atom stereocenters. The van der Waals surface area contributed by atoms with Crippen LogP contribution in [0.5, 0.6) is 5.75 Å². The number of hydrogen-bond donors (Lipinski definition) is 2. The maximum atomic E-state index is 13.3. The monoisotopic (exact) mass is 463 g/mol. The second-order valence-corrected chi connectivity index (χ2v) is 8.67. The number of carbonyl (C=O) groups excluding carboxylic acids is 2. The summed E-state index contributed by atoms with van der Waals surface area (Å²) in [5.74, 6) is -1.73. The third-order valence-electron chi connectivity index (χ3n) is 4.63. The van der Waals surface area contributed by atoms with Crippen LogP contribution in [0, 0.1) is 0 Å². The van der Waals surface area contributed by atoms with Crippen LogP contribution in [0.25, 0.3) is 11.1 Å². The summed E-state index contributed by atoms with van der Waals surface area (Å²) in [6, 6.07) is 13.2. The highest BCUT2D eigenvalue weighted by molar-refractivity contribution is 7.85. The van der Waals surface area contributed by atoms with Gasteiger partial charge in [-0.3, -0.25) is 9.35 Å². The summed E-state index contributed by atoms with van der Waals surface area (Å²) in [6.07, 6.45) is 1.39. The van der Waals surface area contributed by atoms with Crippen molar-refractivity contribution in [3.8, 4) is 16.9 Å². The lowest BCUT2D eigenvalue weighted by atomic mass is 9.98. The SMILES string of the molecule is CCCCOc1cccc(-c2ccccc2)c1C(=O)N[C@@H](CCS(=O)(=O)O)C(=O)OCC. The molecular weight excluding hydrogens is 434 g/mol. The van der Waals surface area contributed by atoms with Gasteiger partial charge in [0, 0.05) is 0 Å². The van der Waals surface area contributed by atoms with Crippen molar-refractivity contribution in [1.82, 2.24) is 5.32 Å². The third-order valence-corrected chi connectivity index (χ3v) is 5.39. The summed E-state index contributed by atoms with van der Waals surface area (Å²) in [5.41, 5.74) is 1.62. The molecule has 8 nitrogen and oxygen atoms in total. The first-order valence-electron chi connectivity index (χ1n) is 10.5. The minimum atomic E-state index is -4.33. The molecule has 0 spiro atoms. The number of rotatable bonds is 12. The molecule has 174 valence electrons. The van der Waals surface area contributed by atoms with E-state index in [9.17, 15) is 18.0 Å². The standard InChI is InChI=1S/C23H29NO7S/c1-3-5-15-31-20-13-9-12-18(17-10-7-6-8-11-17)21(20)22(25)24-19(23(26)30-4-2)14-16-32(27,28)29/h6-13,19H,3-5,14-16H2,1-2H3,(H,24,25)(H,27,28,29)/t19-/m0/s1. The Balaban J connectivity index is 2.42. The number of amides is 1. The predicted molar refractivity (Wildman–Crippen MR) is 121 cm³/mol. The first-order valence-corrected chi connectivity index (χ1v) is 12.1. The van der Waals surface area contributed by atoms with Crippen LogP contribution >= 0.6 is 0 Å². The average molecular weight is 464 g/mol. The number of ether oxygens (including phenoxy) is 2. The summed E-state index contributed by atoms with van der Waals surface area (Å²) >= 11 is 0. The molecule has 0 aromatic heterocycles. The molecule has 2 aromatic rings. The molecule has 1 amide bonds. The molecule has 0 radical (unpaired) electrons. The van der Waals surface area contributed by atoms with E-state index in [1.165, 1.54) is 0 Å². The Labute approximate surface area is 188 Å². The van der Waals surface area contributed by atoms with Crippen LogP contribution in [0.3, 0.4) is 0 Å². The van der Waals surface area contributed by atoms with Crippen molar-refractivity contribution in [3.63, 3.8) is 0 Å². The number of unbranched alkanes of at least 4 members (excludes halogenated alkanes) is 1. The van der Waals surface area contributed by atoms with E-state index in [4.69, 9.17) is 14.0 Å². The van der Waals surface area contributed by atoms with Crippen LogP contribution in [-0.2, 0) is 19.6 Å². The molecule has 0 fully saturated rings. The smallest absolute Gasteiger partial charge is 0.328 e. The second-order valence-electron chi connectivity index (χ2n) is 7.10. The van der Waals surface area contributed by atoms with Gasteiger partial charge in [0.2, 0.25) is 0 Å². The molecule has 9 heteroatoms. The zero-order valence-electron chi connectivity index (χ0n) is 18.2. The Morgan fingerprint density at radius 1 is 1.06 bits per heavy atom. The number of esters is 1. The van der Waals surface area contributed by atoms with Crippen molar-refractivity contribution in [2.24, 2.45) is 0 Å². The van der Waals surface area contributed by atoms with Crippen molar-refractivity contribution >= 4 is 22.0 Å². The van der Waals surface area contributed by atoms with Crippen molar-refractivity contribution < 1.29 is 32.0 Å². The normalized spacial score (nSPS) is 12.1. The van der Waals surface area contributed by atoms with Gasteiger partial charge in [-0.2, -0.15) is 8.42 Å². The molecule has 2 aromatic carbocycles. The quantitative estimate of drug-likeness (QED) is 0.281. The van der Waals surface area contributed by atoms with Crippen LogP contribution < -0.4 is 10.1 Å². The molecule has 0 saturated heterocycles. The molecule has 1 atom stereocenters. The van der Waals surface area contributed by atoms with E-state index >= 15 is 0 Å². The van der Waals surface area contributed by atoms with Crippen LogP contribution in [0.15, 0.2) is 48.5 Å². The van der Waals surface area contributed by atoms with Crippen LogP contribution in [0.4, 0.5) is 0 Å². The fourth-order valence-corrected chi connectivity index (χ4v) is 3.59. The fourth-order valence-electron chi connectivity index (χ4n) is 3.06. The van der Waals surface area contributed by atoms with Crippen molar-refractivity contribution in [3.05, 3.63) is 54.1 Å². The number of carbonyl (C=O) groups is 2. The van der Waals surface area contributed by atoms with Crippen LogP contribution in [0.2, 0.25) is 0 Å². The zero-order chi connectivity index (χ0) is 23.6. The topological polar surface area (TPSA) is 119 Å². The highest BCUT2D eigenvalue weighted by Gasteiger charge is 2.27. The van der Waals surface area contributed by atoms with Gasteiger partial charge in [0.1, 0.15) is 11.8 Å². The minimum absolute atomic E-state index is 0.0586. The Morgan fingerprint density at radius 2 is 1.78 bits per heavy atom. The first-order chi connectivity index (χ1) is 15.3. The lowest BCUT2D eigenvalue weighted by Gasteiger charge is -2.20. The molecule has 0 saturated carbocycles. The predicted octanol–water partition coefficient (Wildman–Crippen LogP) is 3.47.